The third-order valence-corrected chi connectivity index (χ3v) is 5.49. The number of hydrogen-bond donors (Lipinski definition) is 2. The predicted molar refractivity (Wildman–Crippen MR) is 119 cm³/mol. The smallest absolute Gasteiger partial charge is 0.351 e. The number of anilines is 1. The minimum atomic E-state index is -1.12. The fraction of sp³-hybridized carbons (Fsp3) is 0.333. The zero-order valence-electron chi connectivity index (χ0n) is 17.8. The topological polar surface area (TPSA) is 109 Å². The first-order chi connectivity index (χ1) is 15.5. The van der Waals surface area contributed by atoms with Crippen molar-refractivity contribution in [3.63, 3.8) is 0 Å². The van der Waals surface area contributed by atoms with Gasteiger partial charge in [0.2, 0.25) is 0 Å². The van der Waals surface area contributed by atoms with E-state index in [-0.39, 0.29) is 19.0 Å². The molecule has 0 amide bonds. The van der Waals surface area contributed by atoms with E-state index in [1.165, 1.54) is 16.8 Å². The number of nitrogens with zero attached hydrogens (tertiary/aromatic N) is 2. The van der Waals surface area contributed by atoms with Gasteiger partial charge in [0.25, 0.3) is 0 Å². The van der Waals surface area contributed by atoms with E-state index in [0.29, 0.717) is 6.61 Å². The lowest BCUT2D eigenvalue weighted by Crippen LogP contribution is -2.46. The Balaban J connectivity index is 1.54. The summed E-state index contributed by atoms with van der Waals surface area (Å²) in [6, 6.07) is 20.9. The van der Waals surface area contributed by atoms with Crippen LogP contribution in [0, 0.1) is 0 Å². The molecule has 1 fully saturated rings. The molecule has 1 saturated heterocycles. The molecule has 0 spiro atoms. The summed E-state index contributed by atoms with van der Waals surface area (Å²) in [5.41, 5.74) is 5.97. The molecule has 1 aromatic heterocycles. The van der Waals surface area contributed by atoms with Gasteiger partial charge in [-0.15, -0.1) is 0 Å². The van der Waals surface area contributed by atoms with Crippen LogP contribution in [0.1, 0.15) is 24.3 Å². The Morgan fingerprint density at radius 1 is 1.06 bits per heavy atom. The Bertz CT molecular complexity index is 1080. The van der Waals surface area contributed by atoms with Gasteiger partial charge in [0, 0.05) is 6.20 Å². The Kier molecular flexibility index (Phi) is 6.66. The molecule has 0 bridgehead atoms. The van der Waals surface area contributed by atoms with E-state index < -0.39 is 29.7 Å². The maximum absolute atomic E-state index is 12.4. The van der Waals surface area contributed by atoms with Crippen LogP contribution in [0.25, 0.3) is 0 Å². The Morgan fingerprint density at radius 2 is 1.69 bits per heavy atom. The molecule has 3 N–H and O–H groups in total. The highest BCUT2D eigenvalue weighted by molar-refractivity contribution is 5.24. The van der Waals surface area contributed by atoms with Gasteiger partial charge in [-0.25, -0.2) is 4.79 Å². The lowest BCUT2D eigenvalue weighted by Gasteiger charge is -2.30. The molecule has 4 rings (SSSR count). The fourth-order valence-electron chi connectivity index (χ4n) is 3.86. The van der Waals surface area contributed by atoms with Crippen LogP contribution in [-0.4, -0.2) is 39.1 Å². The number of nitrogens with two attached hydrogens (primary N) is 1. The van der Waals surface area contributed by atoms with Crippen molar-refractivity contribution in [2.45, 2.75) is 44.2 Å². The standard InChI is InChI=1S/C24H27N3O5/c1-24(16-30-14-17-8-4-2-5-9-17)21(31-15-18-10-6-3-7-11-18)20(28)22(32-24)27-13-12-19(25)26-23(27)29/h2-13,20-22,28H,14-16H2,1H3,(H2,25,26,29)/t20-,21+,22-,24-/m1/s1. The number of rotatable bonds is 8. The molecule has 4 atom stereocenters. The molecule has 8 nitrogen and oxygen atoms in total. The highest BCUT2D eigenvalue weighted by atomic mass is 16.6. The minimum absolute atomic E-state index is 0.101. The number of nitrogen functional groups attached to an aromatic ring is 1. The van der Waals surface area contributed by atoms with Crippen LogP contribution in [0.3, 0.4) is 0 Å². The average molecular weight is 437 g/mol. The summed E-state index contributed by atoms with van der Waals surface area (Å²) in [6.45, 7) is 2.63. The molecular formula is C24H27N3O5. The Labute approximate surface area is 186 Å². The van der Waals surface area contributed by atoms with Gasteiger partial charge in [0.1, 0.15) is 23.6 Å². The average Bonchev–Trinajstić information content (AvgIpc) is 3.03. The van der Waals surface area contributed by atoms with E-state index in [4.69, 9.17) is 19.9 Å². The third-order valence-electron chi connectivity index (χ3n) is 5.49. The summed E-state index contributed by atoms with van der Waals surface area (Å²) in [6.07, 6.45) is -1.38. The summed E-state index contributed by atoms with van der Waals surface area (Å²) in [5.74, 6) is 0.101. The van der Waals surface area contributed by atoms with Gasteiger partial charge in [-0.3, -0.25) is 4.57 Å². The van der Waals surface area contributed by atoms with Crippen molar-refractivity contribution in [1.82, 2.24) is 9.55 Å². The zero-order chi connectivity index (χ0) is 22.6. The van der Waals surface area contributed by atoms with E-state index in [1.807, 2.05) is 67.6 Å². The van der Waals surface area contributed by atoms with Crippen molar-refractivity contribution in [3.8, 4) is 0 Å². The van der Waals surface area contributed by atoms with Crippen LogP contribution >= 0.6 is 0 Å². The van der Waals surface area contributed by atoms with E-state index in [9.17, 15) is 9.90 Å². The molecule has 1 aliphatic rings. The molecule has 2 aromatic carbocycles. The molecule has 32 heavy (non-hydrogen) atoms. The molecule has 0 saturated carbocycles. The molecule has 0 unspecified atom stereocenters. The van der Waals surface area contributed by atoms with Gasteiger partial charge in [-0.1, -0.05) is 60.7 Å². The van der Waals surface area contributed by atoms with Crippen molar-refractivity contribution in [2.75, 3.05) is 12.3 Å². The van der Waals surface area contributed by atoms with Gasteiger partial charge in [-0.2, -0.15) is 4.98 Å². The number of ether oxygens (including phenoxy) is 3. The quantitative estimate of drug-likeness (QED) is 0.556. The van der Waals surface area contributed by atoms with Gasteiger partial charge in [0.05, 0.1) is 19.8 Å². The highest BCUT2D eigenvalue weighted by Gasteiger charge is 2.54. The van der Waals surface area contributed by atoms with Gasteiger partial charge < -0.3 is 25.1 Å². The largest absolute Gasteiger partial charge is 0.386 e. The maximum Gasteiger partial charge on any atom is 0.351 e. The maximum atomic E-state index is 12.4. The molecule has 0 radical (unpaired) electrons. The van der Waals surface area contributed by atoms with Crippen LogP contribution < -0.4 is 11.4 Å². The number of aromatic nitrogens is 2. The van der Waals surface area contributed by atoms with Gasteiger partial charge in [-0.05, 0) is 24.1 Å². The van der Waals surface area contributed by atoms with Crippen LogP contribution in [0.15, 0.2) is 77.7 Å². The highest BCUT2D eigenvalue weighted by Crippen LogP contribution is 2.39. The predicted octanol–water partition coefficient (Wildman–Crippen LogP) is 2.28. The van der Waals surface area contributed by atoms with Crippen molar-refractivity contribution in [1.29, 1.82) is 0 Å². The van der Waals surface area contributed by atoms with Crippen LogP contribution in [-0.2, 0) is 27.4 Å². The van der Waals surface area contributed by atoms with Crippen molar-refractivity contribution < 1.29 is 19.3 Å². The first-order valence-electron chi connectivity index (χ1n) is 10.4. The third kappa shape index (κ3) is 4.89. The zero-order valence-corrected chi connectivity index (χ0v) is 17.8. The monoisotopic (exact) mass is 437 g/mol. The summed E-state index contributed by atoms with van der Waals surface area (Å²) in [7, 11) is 0. The van der Waals surface area contributed by atoms with Crippen LogP contribution in [0.2, 0.25) is 0 Å². The van der Waals surface area contributed by atoms with Crippen molar-refractivity contribution in [2.24, 2.45) is 0 Å². The number of aliphatic hydroxyl groups excluding tert-OH is 1. The lowest BCUT2D eigenvalue weighted by atomic mass is 9.98. The molecule has 8 heteroatoms. The van der Waals surface area contributed by atoms with Gasteiger partial charge in [0.15, 0.2) is 6.23 Å². The van der Waals surface area contributed by atoms with E-state index in [2.05, 4.69) is 4.98 Å². The molecular weight excluding hydrogens is 410 g/mol. The fourth-order valence-corrected chi connectivity index (χ4v) is 3.86. The first-order valence-corrected chi connectivity index (χ1v) is 10.4. The Morgan fingerprint density at radius 3 is 2.31 bits per heavy atom. The van der Waals surface area contributed by atoms with Crippen LogP contribution in [0.5, 0.6) is 0 Å². The molecule has 2 heterocycles. The summed E-state index contributed by atoms with van der Waals surface area (Å²) >= 11 is 0. The van der Waals surface area contributed by atoms with Gasteiger partial charge >= 0.3 is 5.69 Å². The SMILES string of the molecule is C[C@]1(COCc2ccccc2)O[C@@H](n2ccc(N)nc2=O)[C@H](O)[C@@H]1OCc1ccccc1. The van der Waals surface area contributed by atoms with E-state index >= 15 is 0 Å². The second-order valence-corrected chi connectivity index (χ2v) is 8.05. The lowest BCUT2D eigenvalue weighted by molar-refractivity contribution is -0.147. The summed E-state index contributed by atoms with van der Waals surface area (Å²) < 4.78 is 19.5. The summed E-state index contributed by atoms with van der Waals surface area (Å²) in [4.78, 5) is 16.1. The van der Waals surface area contributed by atoms with E-state index in [0.717, 1.165) is 11.1 Å². The number of aliphatic hydroxyl groups is 1. The Hall–Kier alpha value is -3.04. The number of hydrogen-bond acceptors (Lipinski definition) is 7. The normalized spacial score (nSPS) is 25.1. The van der Waals surface area contributed by atoms with Crippen molar-refractivity contribution >= 4 is 5.82 Å². The second-order valence-electron chi connectivity index (χ2n) is 8.05. The minimum Gasteiger partial charge on any atom is -0.386 e. The second kappa shape index (κ2) is 9.62. The molecule has 168 valence electrons. The molecule has 0 aliphatic carbocycles. The summed E-state index contributed by atoms with van der Waals surface area (Å²) in [5, 5.41) is 11.1. The van der Waals surface area contributed by atoms with Crippen molar-refractivity contribution in [3.05, 3.63) is 94.5 Å². The van der Waals surface area contributed by atoms with E-state index in [1.54, 1.807) is 0 Å². The molecule has 1 aliphatic heterocycles. The van der Waals surface area contributed by atoms with Crippen LogP contribution in [0.4, 0.5) is 5.82 Å². The first kappa shape index (κ1) is 22.2. The number of benzene rings is 2. The molecule has 3 aromatic rings.